The number of hydrogen-bond donors (Lipinski definition) is 1. The first-order valence-corrected chi connectivity index (χ1v) is 6.76. The van der Waals surface area contributed by atoms with Gasteiger partial charge in [0.05, 0.1) is 36.5 Å². The third-order valence-electron chi connectivity index (χ3n) is 3.35. The minimum absolute atomic E-state index is 0.0294. The van der Waals surface area contributed by atoms with Crippen molar-refractivity contribution in [2.45, 2.75) is 34.0 Å². The molecule has 5 nitrogen and oxygen atoms in total. The summed E-state index contributed by atoms with van der Waals surface area (Å²) in [5.74, 6) is 1.21. The van der Waals surface area contributed by atoms with Crippen molar-refractivity contribution in [1.29, 1.82) is 0 Å². The highest BCUT2D eigenvalue weighted by Gasteiger charge is 2.09. The van der Waals surface area contributed by atoms with E-state index in [1.807, 2.05) is 20.8 Å². The predicted octanol–water partition coefficient (Wildman–Crippen LogP) is 2.48. The normalized spacial score (nSPS) is 10.5. The Balaban J connectivity index is 2.18. The van der Waals surface area contributed by atoms with Crippen molar-refractivity contribution in [1.82, 2.24) is 9.97 Å². The van der Waals surface area contributed by atoms with E-state index in [-0.39, 0.29) is 6.61 Å². The number of rotatable bonds is 5. The molecule has 0 atom stereocenters. The molecule has 2 aromatic rings. The van der Waals surface area contributed by atoms with Gasteiger partial charge < -0.3 is 14.6 Å². The molecule has 0 radical (unpaired) electrons. The molecule has 0 spiro atoms. The Morgan fingerprint density at radius 2 is 1.71 bits per heavy atom. The molecule has 112 valence electrons. The highest BCUT2D eigenvalue weighted by atomic mass is 16.5. The maximum atomic E-state index is 9.13. The van der Waals surface area contributed by atoms with Crippen LogP contribution in [-0.4, -0.2) is 22.2 Å². The van der Waals surface area contributed by atoms with Crippen LogP contribution in [0.1, 0.15) is 28.3 Å². The molecule has 1 aromatic carbocycles. The van der Waals surface area contributed by atoms with E-state index in [1.54, 1.807) is 25.3 Å². The van der Waals surface area contributed by atoms with Gasteiger partial charge in [0.2, 0.25) is 0 Å². The molecule has 0 unspecified atom stereocenters. The van der Waals surface area contributed by atoms with Crippen LogP contribution in [0.3, 0.4) is 0 Å². The molecule has 0 saturated carbocycles. The fourth-order valence-corrected chi connectivity index (χ4v) is 1.97. The zero-order chi connectivity index (χ0) is 15.4. The molecule has 0 aliphatic carbocycles. The van der Waals surface area contributed by atoms with Gasteiger partial charge in [0.1, 0.15) is 6.61 Å². The summed E-state index contributed by atoms with van der Waals surface area (Å²) in [5, 5.41) is 9.13. The van der Waals surface area contributed by atoms with E-state index in [2.05, 4.69) is 9.97 Å². The summed E-state index contributed by atoms with van der Waals surface area (Å²) in [6.45, 7) is 6.09. The molecule has 2 rings (SSSR count). The number of hydrogen-bond acceptors (Lipinski definition) is 5. The Bertz CT molecular complexity index is 642. The first kappa shape index (κ1) is 15.3. The van der Waals surface area contributed by atoms with Gasteiger partial charge in [-0.3, -0.25) is 9.97 Å². The average molecular weight is 288 g/mol. The van der Waals surface area contributed by atoms with Crippen LogP contribution in [0.25, 0.3) is 0 Å². The summed E-state index contributed by atoms with van der Waals surface area (Å²) in [6, 6.07) is 5.35. The van der Waals surface area contributed by atoms with E-state index >= 15 is 0 Å². The smallest absolute Gasteiger partial charge is 0.161 e. The van der Waals surface area contributed by atoms with Crippen molar-refractivity contribution in [2.24, 2.45) is 0 Å². The SMILES string of the molecule is COc1cc(CO)ccc1OCc1nc(C)c(C)nc1C. The van der Waals surface area contributed by atoms with E-state index in [0.717, 1.165) is 28.3 Å². The standard InChI is InChI=1S/C16H20N2O3/c1-10-11(2)18-14(12(3)17-10)9-21-15-6-5-13(8-19)7-16(15)20-4/h5-7,19H,8-9H2,1-4H3. The highest BCUT2D eigenvalue weighted by Crippen LogP contribution is 2.28. The number of aliphatic hydroxyl groups excluding tert-OH is 1. The molecule has 1 N–H and O–H groups in total. The van der Waals surface area contributed by atoms with Gasteiger partial charge in [0.25, 0.3) is 0 Å². The topological polar surface area (TPSA) is 64.5 Å². The molecule has 0 saturated heterocycles. The second-order valence-corrected chi connectivity index (χ2v) is 4.86. The third kappa shape index (κ3) is 3.49. The van der Waals surface area contributed by atoms with Gasteiger partial charge in [-0.1, -0.05) is 6.07 Å². The Morgan fingerprint density at radius 1 is 1.00 bits per heavy atom. The van der Waals surface area contributed by atoms with Crippen LogP contribution in [-0.2, 0) is 13.2 Å². The lowest BCUT2D eigenvalue weighted by Crippen LogP contribution is -2.07. The molecule has 0 aliphatic rings. The van der Waals surface area contributed by atoms with Crippen molar-refractivity contribution in [2.75, 3.05) is 7.11 Å². The van der Waals surface area contributed by atoms with Crippen molar-refractivity contribution >= 4 is 0 Å². The Kier molecular flexibility index (Phi) is 4.75. The minimum Gasteiger partial charge on any atom is -0.493 e. The molecular weight excluding hydrogens is 268 g/mol. The molecule has 0 fully saturated rings. The van der Waals surface area contributed by atoms with Gasteiger partial charge >= 0.3 is 0 Å². The van der Waals surface area contributed by atoms with Gasteiger partial charge in [-0.15, -0.1) is 0 Å². The first-order valence-electron chi connectivity index (χ1n) is 6.76. The molecule has 0 bridgehead atoms. The van der Waals surface area contributed by atoms with E-state index in [1.165, 1.54) is 0 Å². The van der Waals surface area contributed by atoms with Crippen LogP contribution in [0.2, 0.25) is 0 Å². The summed E-state index contributed by atoms with van der Waals surface area (Å²) < 4.78 is 11.1. The van der Waals surface area contributed by atoms with Gasteiger partial charge in [-0.2, -0.15) is 0 Å². The van der Waals surface area contributed by atoms with Crippen LogP contribution in [0.5, 0.6) is 11.5 Å². The van der Waals surface area contributed by atoms with Gasteiger partial charge in [0, 0.05) is 0 Å². The van der Waals surface area contributed by atoms with Crippen LogP contribution in [0.15, 0.2) is 18.2 Å². The zero-order valence-electron chi connectivity index (χ0n) is 12.8. The Morgan fingerprint density at radius 3 is 2.38 bits per heavy atom. The monoisotopic (exact) mass is 288 g/mol. The average Bonchev–Trinajstić information content (AvgIpc) is 2.49. The third-order valence-corrected chi connectivity index (χ3v) is 3.35. The fraction of sp³-hybridized carbons (Fsp3) is 0.375. The number of aliphatic hydroxyl groups is 1. The van der Waals surface area contributed by atoms with Crippen LogP contribution in [0, 0.1) is 20.8 Å². The largest absolute Gasteiger partial charge is 0.493 e. The summed E-state index contributed by atoms with van der Waals surface area (Å²) in [6.07, 6.45) is 0. The Hall–Kier alpha value is -2.14. The zero-order valence-corrected chi connectivity index (χ0v) is 12.8. The van der Waals surface area contributed by atoms with E-state index in [4.69, 9.17) is 14.6 Å². The number of aromatic nitrogens is 2. The van der Waals surface area contributed by atoms with E-state index in [0.29, 0.717) is 18.1 Å². The lowest BCUT2D eigenvalue weighted by molar-refractivity contribution is 0.271. The lowest BCUT2D eigenvalue weighted by Gasteiger charge is -2.13. The van der Waals surface area contributed by atoms with Crippen LogP contribution < -0.4 is 9.47 Å². The number of methoxy groups -OCH3 is 1. The van der Waals surface area contributed by atoms with Crippen molar-refractivity contribution in [3.8, 4) is 11.5 Å². The molecule has 1 heterocycles. The van der Waals surface area contributed by atoms with Crippen molar-refractivity contribution in [3.05, 3.63) is 46.5 Å². The van der Waals surface area contributed by atoms with Crippen LogP contribution in [0.4, 0.5) is 0 Å². The van der Waals surface area contributed by atoms with Crippen molar-refractivity contribution in [3.63, 3.8) is 0 Å². The summed E-state index contributed by atoms with van der Waals surface area (Å²) in [4.78, 5) is 8.96. The molecule has 0 aliphatic heterocycles. The van der Waals surface area contributed by atoms with Crippen molar-refractivity contribution < 1.29 is 14.6 Å². The van der Waals surface area contributed by atoms with E-state index in [9.17, 15) is 0 Å². The van der Waals surface area contributed by atoms with Gasteiger partial charge in [-0.25, -0.2) is 0 Å². The lowest BCUT2D eigenvalue weighted by atomic mass is 10.2. The molecule has 5 heteroatoms. The first-order chi connectivity index (χ1) is 10.0. The molecular formula is C16H20N2O3. The minimum atomic E-state index is -0.0294. The summed E-state index contributed by atoms with van der Waals surface area (Å²) in [7, 11) is 1.57. The fourth-order valence-electron chi connectivity index (χ4n) is 1.97. The molecule has 0 amide bonds. The maximum Gasteiger partial charge on any atom is 0.161 e. The number of benzene rings is 1. The maximum absolute atomic E-state index is 9.13. The Labute approximate surface area is 124 Å². The van der Waals surface area contributed by atoms with E-state index < -0.39 is 0 Å². The predicted molar refractivity (Wildman–Crippen MR) is 79.5 cm³/mol. The highest BCUT2D eigenvalue weighted by molar-refractivity contribution is 5.42. The second kappa shape index (κ2) is 6.54. The number of ether oxygens (including phenoxy) is 2. The molecule has 21 heavy (non-hydrogen) atoms. The quantitative estimate of drug-likeness (QED) is 0.915. The molecule has 1 aromatic heterocycles. The summed E-state index contributed by atoms with van der Waals surface area (Å²) >= 11 is 0. The second-order valence-electron chi connectivity index (χ2n) is 4.86. The summed E-state index contributed by atoms with van der Waals surface area (Å²) in [5.41, 5.74) is 4.29. The number of aryl methyl sites for hydroxylation is 3. The van der Waals surface area contributed by atoms with Crippen LogP contribution >= 0.6 is 0 Å². The van der Waals surface area contributed by atoms with Gasteiger partial charge in [-0.05, 0) is 38.5 Å². The van der Waals surface area contributed by atoms with Gasteiger partial charge in [0.15, 0.2) is 11.5 Å². The number of nitrogens with zero attached hydrogens (tertiary/aromatic N) is 2.